The number of amides is 1. The SMILES string of the molecule is COCC12CCCC(C1)N2C(=O)c1ccccn1. The summed E-state index contributed by atoms with van der Waals surface area (Å²) >= 11 is 0. The lowest BCUT2D eigenvalue weighted by molar-refractivity contribution is -0.114. The molecule has 3 rings (SSSR count). The lowest BCUT2D eigenvalue weighted by atomic mass is 9.68. The van der Waals surface area contributed by atoms with Gasteiger partial charge in [0.05, 0.1) is 12.1 Å². The Morgan fingerprint density at radius 2 is 2.50 bits per heavy atom. The fraction of sp³-hybridized carbons (Fsp3) is 0.571. The smallest absolute Gasteiger partial charge is 0.273 e. The molecule has 2 aliphatic rings. The number of hydrogen-bond acceptors (Lipinski definition) is 3. The van der Waals surface area contributed by atoms with Gasteiger partial charge in [-0.2, -0.15) is 0 Å². The molecule has 1 aromatic rings. The fourth-order valence-electron chi connectivity index (χ4n) is 3.49. The highest BCUT2D eigenvalue weighted by atomic mass is 16.5. The Bertz CT molecular complexity index is 439. The summed E-state index contributed by atoms with van der Waals surface area (Å²) in [6, 6.07) is 5.87. The van der Waals surface area contributed by atoms with Gasteiger partial charge >= 0.3 is 0 Å². The third kappa shape index (κ3) is 1.63. The minimum absolute atomic E-state index is 0.0589. The first kappa shape index (κ1) is 11.7. The monoisotopic (exact) mass is 246 g/mol. The maximum atomic E-state index is 12.5. The zero-order valence-corrected chi connectivity index (χ0v) is 10.6. The molecule has 1 aliphatic carbocycles. The van der Waals surface area contributed by atoms with Crippen LogP contribution in [0.3, 0.4) is 0 Å². The number of likely N-dealkylation sites (tertiary alicyclic amines) is 1. The molecule has 18 heavy (non-hydrogen) atoms. The van der Waals surface area contributed by atoms with Crippen molar-refractivity contribution in [2.24, 2.45) is 0 Å². The Morgan fingerprint density at radius 3 is 3.17 bits per heavy atom. The van der Waals surface area contributed by atoms with Crippen LogP contribution in [0.2, 0.25) is 0 Å². The summed E-state index contributed by atoms with van der Waals surface area (Å²) in [7, 11) is 1.71. The maximum absolute atomic E-state index is 12.5. The molecule has 2 atom stereocenters. The van der Waals surface area contributed by atoms with Crippen LogP contribution in [0.1, 0.15) is 36.2 Å². The quantitative estimate of drug-likeness (QED) is 0.817. The number of carbonyl (C=O) groups excluding carboxylic acids is 1. The molecule has 1 saturated carbocycles. The lowest BCUT2D eigenvalue weighted by Crippen LogP contribution is -2.72. The normalized spacial score (nSPS) is 29.8. The van der Waals surface area contributed by atoms with Gasteiger partial charge in [-0.25, -0.2) is 0 Å². The molecule has 4 heteroatoms. The number of ether oxygens (including phenoxy) is 1. The van der Waals surface area contributed by atoms with Crippen molar-refractivity contribution in [3.05, 3.63) is 30.1 Å². The minimum atomic E-state index is -0.0632. The second-order valence-corrected chi connectivity index (χ2v) is 5.30. The number of fused-ring (bicyclic) bond motifs is 2. The van der Waals surface area contributed by atoms with Crippen LogP contribution in [-0.4, -0.2) is 41.1 Å². The second kappa shape index (κ2) is 4.35. The number of pyridine rings is 1. The summed E-state index contributed by atoms with van der Waals surface area (Å²) in [5, 5.41) is 0. The van der Waals surface area contributed by atoms with Crippen LogP contribution in [0.25, 0.3) is 0 Å². The molecule has 4 nitrogen and oxygen atoms in total. The summed E-state index contributed by atoms with van der Waals surface area (Å²) in [5.74, 6) is 0.0589. The van der Waals surface area contributed by atoms with E-state index in [2.05, 4.69) is 4.98 Å². The van der Waals surface area contributed by atoms with Gasteiger partial charge < -0.3 is 9.64 Å². The number of piperidine rings is 1. The average molecular weight is 246 g/mol. The standard InChI is InChI=1S/C14H18N2O2/c1-18-10-14-7-4-5-11(9-14)16(14)13(17)12-6-2-3-8-15-12/h2-3,6,8,11H,4-5,7,9-10H2,1H3. The third-order valence-electron chi connectivity index (χ3n) is 4.19. The average Bonchev–Trinajstić information content (AvgIpc) is 2.40. The van der Waals surface area contributed by atoms with Crippen molar-refractivity contribution in [3.8, 4) is 0 Å². The zero-order valence-electron chi connectivity index (χ0n) is 10.6. The molecular weight excluding hydrogens is 228 g/mol. The fourth-order valence-corrected chi connectivity index (χ4v) is 3.49. The van der Waals surface area contributed by atoms with Crippen molar-refractivity contribution in [3.63, 3.8) is 0 Å². The van der Waals surface area contributed by atoms with E-state index >= 15 is 0 Å². The van der Waals surface area contributed by atoms with Gasteiger partial charge in [-0.15, -0.1) is 0 Å². The zero-order chi connectivity index (χ0) is 12.6. The van der Waals surface area contributed by atoms with Crippen LogP contribution >= 0.6 is 0 Å². The molecule has 2 bridgehead atoms. The molecule has 0 aromatic carbocycles. The van der Waals surface area contributed by atoms with Crippen molar-refractivity contribution < 1.29 is 9.53 Å². The van der Waals surface area contributed by atoms with Crippen LogP contribution in [-0.2, 0) is 4.74 Å². The van der Waals surface area contributed by atoms with Crippen molar-refractivity contribution in [2.75, 3.05) is 13.7 Å². The number of hydrogen-bond donors (Lipinski definition) is 0. The number of methoxy groups -OCH3 is 1. The van der Waals surface area contributed by atoms with Gasteiger partial charge in [-0.1, -0.05) is 6.07 Å². The molecule has 2 fully saturated rings. The van der Waals surface area contributed by atoms with E-state index in [1.165, 1.54) is 6.42 Å². The van der Waals surface area contributed by atoms with Gasteiger partial charge in [0.2, 0.25) is 0 Å². The van der Waals surface area contributed by atoms with Crippen LogP contribution < -0.4 is 0 Å². The molecule has 2 unspecified atom stereocenters. The highest BCUT2D eigenvalue weighted by molar-refractivity contribution is 5.93. The van der Waals surface area contributed by atoms with Crippen molar-refractivity contribution in [1.82, 2.24) is 9.88 Å². The second-order valence-electron chi connectivity index (χ2n) is 5.30. The molecule has 1 aliphatic heterocycles. The number of aromatic nitrogens is 1. The summed E-state index contributed by atoms with van der Waals surface area (Å²) in [6.07, 6.45) is 6.12. The Hall–Kier alpha value is -1.42. The summed E-state index contributed by atoms with van der Waals surface area (Å²) in [5.41, 5.74) is 0.483. The van der Waals surface area contributed by atoms with Crippen molar-refractivity contribution in [2.45, 2.75) is 37.3 Å². The number of rotatable bonds is 3. The predicted octanol–water partition coefficient (Wildman–Crippen LogP) is 1.87. The van der Waals surface area contributed by atoms with Crippen LogP contribution in [0.15, 0.2) is 24.4 Å². The van der Waals surface area contributed by atoms with Gasteiger partial charge in [-0.05, 0) is 37.8 Å². The van der Waals surface area contributed by atoms with E-state index < -0.39 is 0 Å². The molecule has 1 aromatic heterocycles. The van der Waals surface area contributed by atoms with Crippen LogP contribution in [0, 0.1) is 0 Å². The first-order chi connectivity index (χ1) is 8.77. The highest BCUT2D eigenvalue weighted by Crippen LogP contribution is 2.48. The van der Waals surface area contributed by atoms with Gasteiger partial charge in [0, 0.05) is 19.3 Å². The van der Waals surface area contributed by atoms with E-state index in [0.717, 1.165) is 19.3 Å². The summed E-state index contributed by atoms with van der Waals surface area (Å²) in [6.45, 7) is 0.641. The van der Waals surface area contributed by atoms with Crippen molar-refractivity contribution >= 4 is 5.91 Å². The first-order valence-corrected chi connectivity index (χ1v) is 6.50. The Labute approximate surface area is 107 Å². The molecule has 96 valence electrons. The van der Waals surface area contributed by atoms with E-state index in [1.54, 1.807) is 19.4 Å². The Kier molecular flexibility index (Phi) is 2.82. The van der Waals surface area contributed by atoms with Crippen LogP contribution in [0.5, 0.6) is 0 Å². The molecule has 0 spiro atoms. The van der Waals surface area contributed by atoms with E-state index in [1.807, 2.05) is 17.0 Å². The van der Waals surface area contributed by atoms with Gasteiger partial charge in [0.25, 0.3) is 5.91 Å². The first-order valence-electron chi connectivity index (χ1n) is 6.50. The predicted molar refractivity (Wildman–Crippen MR) is 67.3 cm³/mol. The molecular formula is C14H18N2O2. The number of carbonyl (C=O) groups is 1. The van der Waals surface area contributed by atoms with E-state index in [9.17, 15) is 4.79 Å². The largest absolute Gasteiger partial charge is 0.382 e. The van der Waals surface area contributed by atoms with Gasteiger partial charge in [0.15, 0.2) is 0 Å². The summed E-state index contributed by atoms with van der Waals surface area (Å²) in [4.78, 5) is 18.7. The topological polar surface area (TPSA) is 42.4 Å². The third-order valence-corrected chi connectivity index (χ3v) is 4.19. The van der Waals surface area contributed by atoms with Crippen LogP contribution in [0.4, 0.5) is 0 Å². The molecule has 0 N–H and O–H groups in total. The van der Waals surface area contributed by atoms with Gasteiger partial charge in [-0.3, -0.25) is 9.78 Å². The Balaban J connectivity index is 1.85. The minimum Gasteiger partial charge on any atom is -0.382 e. The maximum Gasteiger partial charge on any atom is 0.273 e. The van der Waals surface area contributed by atoms with Gasteiger partial charge in [0.1, 0.15) is 5.69 Å². The molecule has 0 radical (unpaired) electrons. The van der Waals surface area contributed by atoms with E-state index in [0.29, 0.717) is 18.3 Å². The van der Waals surface area contributed by atoms with E-state index in [4.69, 9.17) is 4.74 Å². The molecule has 2 heterocycles. The molecule has 1 saturated heterocycles. The molecule has 1 amide bonds. The van der Waals surface area contributed by atoms with E-state index in [-0.39, 0.29) is 11.4 Å². The summed E-state index contributed by atoms with van der Waals surface area (Å²) < 4.78 is 5.32. The van der Waals surface area contributed by atoms with Crippen molar-refractivity contribution in [1.29, 1.82) is 0 Å². The number of nitrogens with zero attached hydrogens (tertiary/aromatic N) is 2. The lowest BCUT2D eigenvalue weighted by Gasteiger charge is -2.61. The Morgan fingerprint density at radius 1 is 1.61 bits per heavy atom. The highest BCUT2D eigenvalue weighted by Gasteiger charge is 2.56.